The largest absolute Gasteiger partial charge is 0.372 e. The molecule has 0 unspecified atom stereocenters. The molecule has 0 saturated carbocycles. The lowest BCUT2D eigenvalue weighted by atomic mass is 10.2. The van der Waals surface area contributed by atoms with Gasteiger partial charge in [0.15, 0.2) is 5.82 Å². The SMILES string of the molecule is CCN(CC)c1ccc(N(CC(=O)Nc2cc(C)on2)C(C)=O)cc1. The van der Waals surface area contributed by atoms with Crippen molar-refractivity contribution in [3.63, 3.8) is 0 Å². The number of nitrogens with zero attached hydrogens (tertiary/aromatic N) is 3. The molecular formula is C18H24N4O3. The van der Waals surface area contributed by atoms with Crippen molar-refractivity contribution in [2.24, 2.45) is 0 Å². The summed E-state index contributed by atoms with van der Waals surface area (Å²) in [6.45, 7) is 9.09. The van der Waals surface area contributed by atoms with Gasteiger partial charge in [-0.15, -0.1) is 0 Å². The molecule has 0 aliphatic rings. The molecule has 1 heterocycles. The van der Waals surface area contributed by atoms with Crippen LogP contribution in [0.25, 0.3) is 0 Å². The Morgan fingerprint density at radius 2 is 1.72 bits per heavy atom. The van der Waals surface area contributed by atoms with Gasteiger partial charge in [0.05, 0.1) is 0 Å². The van der Waals surface area contributed by atoms with Gasteiger partial charge in [-0.3, -0.25) is 9.59 Å². The van der Waals surface area contributed by atoms with E-state index in [0.717, 1.165) is 18.8 Å². The monoisotopic (exact) mass is 344 g/mol. The number of carbonyl (C=O) groups is 2. The van der Waals surface area contributed by atoms with Crippen molar-refractivity contribution in [1.29, 1.82) is 0 Å². The molecule has 134 valence electrons. The maximum absolute atomic E-state index is 12.2. The first-order valence-electron chi connectivity index (χ1n) is 8.30. The first-order chi connectivity index (χ1) is 11.9. The maximum Gasteiger partial charge on any atom is 0.245 e. The van der Waals surface area contributed by atoms with Crippen molar-refractivity contribution in [3.05, 3.63) is 36.1 Å². The van der Waals surface area contributed by atoms with Crippen LogP contribution in [0.3, 0.4) is 0 Å². The zero-order valence-electron chi connectivity index (χ0n) is 15.1. The van der Waals surface area contributed by atoms with E-state index in [1.807, 2.05) is 24.3 Å². The van der Waals surface area contributed by atoms with Gasteiger partial charge in [-0.1, -0.05) is 5.16 Å². The summed E-state index contributed by atoms with van der Waals surface area (Å²) < 4.78 is 4.91. The molecule has 7 nitrogen and oxygen atoms in total. The van der Waals surface area contributed by atoms with Crippen LogP contribution in [0.1, 0.15) is 26.5 Å². The predicted molar refractivity (Wildman–Crippen MR) is 97.9 cm³/mol. The predicted octanol–water partition coefficient (Wildman–Crippen LogP) is 2.82. The molecule has 7 heteroatoms. The molecule has 2 aromatic rings. The molecule has 1 N–H and O–H groups in total. The molecule has 2 amide bonds. The normalized spacial score (nSPS) is 10.4. The Hall–Kier alpha value is -2.83. The molecule has 0 fully saturated rings. The summed E-state index contributed by atoms with van der Waals surface area (Å²) in [5, 5.41) is 6.33. The lowest BCUT2D eigenvalue weighted by molar-refractivity contribution is -0.120. The van der Waals surface area contributed by atoms with Gasteiger partial charge in [-0.25, -0.2) is 0 Å². The van der Waals surface area contributed by atoms with Crippen LogP contribution < -0.4 is 15.1 Å². The van der Waals surface area contributed by atoms with Crippen molar-refractivity contribution < 1.29 is 14.1 Å². The number of rotatable bonds is 7. The van der Waals surface area contributed by atoms with E-state index in [1.165, 1.54) is 11.8 Å². The van der Waals surface area contributed by atoms with Gasteiger partial charge < -0.3 is 19.6 Å². The summed E-state index contributed by atoms with van der Waals surface area (Å²) in [6, 6.07) is 9.23. The molecule has 0 radical (unpaired) electrons. The van der Waals surface area contributed by atoms with E-state index in [2.05, 4.69) is 29.2 Å². The molecule has 2 rings (SSSR count). The fraction of sp³-hybridized carbons (Fsp3) is 0.389. The minimum atomic E-state index is -0.337. The van der Waals surface area contributed by atoms with Crippen LogP contribution in [-0.2, 0) is 9.59 Å². The number of amides is 2. The molecule has 0 bridgehead atoms. The highest BCUT2D eigenvalue weighted by Gasteiger charge is 2.17. The fourth-order valence-corrected chi connectivity index (χ4v) is 2.57. The molecule has 1 aromatic carbocycles. The highest BCUT2D eigenvalue weighted by Crippen LogP contribution is 2.21. The number of anilines is 3. The number of hydrogen-bond donors (Lipinski definition) is 1. The summed E-state index contributed by atoms with van der Waals surface area (Å²) in [5.41, 5.74) is 1.76. The van der Waals surface area contributed by atoms with Crippen molar-refractivity contribution in [3.8, 4) is 0 Å². The minimum absolute atomic E-state index is 0.0914. The van der Waals surface area contributed by atoms with E-state index < -0.39 is 0 Å². The van der Waals surface area contributed by atoms with Crippen LogP contribution in [0, 0.1) is 6.92 Å². The first kappa shape index (κ1) is 18.5. The number of aryl methyl sites for hydroxylation is 1. The van der Waals surface area contributed by atoms with Crippen molar-refractivity contribution in [1.82, 2.24) is 5.16 Å². The molecule has 0 aliphatic carbocycles. The van der Waals surface area contributed by atoms with Gasteiger partial charge in [0.25, 0.3) is 0 Å². The Morgan fingerprint density at radius 3 is 2.20 bits per heavy atom. The van der Waals surface area contributed by atoms with Gasteiger partial charge in [-0.2, -0.15) is 0 Å². The third-order valence-corrected chi connectivity index (χ3v) is 3.87. The van der Waals surface area contributed by atoms with Crippen LogP contribution >= 0.6 is 0 Å². The number of nitrogens with one attached hydrogen (secondary N) is 1. The molecule has 1 aromatic heterocycles. The van der Waals surface area contributed by atoms with Crippen LogP contribution in [0.5, 0.6) is 0 Å². The van der Waals surface area contributed by atoms with Crippen LogP contribution in [0.15, 0.2) is 34.9 Å². The van der Waals surface area contributed by atoms with Crippen LogP contribution in [0.2, 0.25) is 0 Å². The first-order valence-corrected chi connectivity index (χ1v) is 8.30. The van der Waals surface area contributed by atoms with Crippen LogP contribution in [-0.4, -0.2) is 36.6 Å². The Balaban J connectivity index is 2.09. The highest BCUT2D eigenvalue weighted by atomic mass is 16.5. The molecular weight excluding hydrogens is 320 g/mol. The highest BCUT2D eigenvalue weighted by molar-refractivity contribution is 6.01. The second-order valence-electron chi connectivity index (χ2n) is 5.66. The Morgan fingerprint density at radius 1 is 1.12 bits per heavy atom. The van der Waals surface area contributed by atoms with E-state index in [-0.39, 0.29) is 18.4 Å². The van der Waals surface area contributed by atoms with Crippen molar-refractivity contribution in [2.45, 2.75) is 27.7 Å². The van der Waals surface area contributed by atoms with Gasteiger partial charge in [0.1, 0.15) is 12.3 Å². The maximum atomic E-state index is 12.2. The van der Waals surface area contributed by atoms with E-state index in [1.54, 1.807) is 13.0 Å². The molecule has 0 spiro atoms. The standard InChI is InChI=1S/C18H24N4O3/c1-5-21(6-2)15-7-9-16(10-8-15)22(14(4)23)12-18(24)19-17-11-13(3)25-20-17/h7-11H,5-6,12H2,1-4H3,(H,19,20,24). The lowest BCUT2D eigenvalue weighted by Gasteiger charge is -2.24. The van der Waals surface area contributed by atoms with Gasteiger partial charge in [0, 0.05) is 37.5 Å². The van der Waals surface area contributed by atoms with Crippen LogP contribution in [0.4, 0.5) is 17.2 Å². The van der Waals surface area contributed by atoms with E-state index in [9.17, 15) is 9.59 Å². The van der Waals surface area contributed by atoms with E-state index >= 15 is 0 Å². The van der Waals surface area contributed by atoms with Gasteiger partial charge >= 0.3 is 0 Å². The summed E-state index contributed by atoms with van der Waals surface area (Å²) in [6.07, 6.45) is 0. The third kappa shape index (κ3) is 4.82. The van der Waals surface area contributed by atoms with Gasteiger partial charge in [-0.05, 0) is 45.0 Å². The average molecular weight is 344 g/mol. The lowest BCUT2D eigenvalue weighted by Crippen LogP contribution is -2.36. The van der Waals surface area contributed by atoms with E-state index in [0.29, 0.717) is 17.3 Å². The smallest absolute Gasteiger partial charge is 0.245 e. The Bertz CT molecular complexity index is 720. The Kier molecular flexibility index (Phi) is 6.16. The molecule has 0 atom stereocenters. The van der Waals surface area contributed by atoms with Crippen molar-refractivity contribution in [2.75, 3.05) is 34.8 Å². The fourth-order valence-electron chi connectivity index (χ4n) is 2.57. The zero-order valence-corrected chi connectivity index (χ0v) is 15.1. The molecule has 0 saturated heterocycles. The topological polar surface area (TPSA) is 78.7 Å². The molecule has 25 heavy (non-hydrogen) atoms. The summed E-state index contributed by atoms with van der Waals surface area (Å²) in [4.78, 5) is 27.8. The average Bonchev–Trinajstić information content (AvgIpc) is 2.99. The Labute approximate surface area is 147 Å². The second kappa shape index (κ2) is 8.32. The third-order valence-electron chi connectivity index (χ3n) is 3.87. The quantitative estimate of drug-likeness (QED) is 0.835. The number of hydrogen-bond acceptors (Lipinski definition) is 5. The minimum Gasteiger partial charge on any atom is -0.372 e. The molecule has 0 aliphatic heterocycles. The second-order valence-corrected chi connectivity index (χ2v) is 5.66. The number of benzene rings is 1. The van der Waals surface area contributed by atoms with Crippen molar-refractivity contribution >= 4 is 29.0 Å². The summed E-state index contributed by atoms with van der Waals surface area (Å²) >= 11 is 0. The zero-order chi connectivity index (χ0) is 18.4. The van der Waals surface area contributed by atoms with E-state index in [4.69, 9.17) is 4.52 Å². The number of aromatic nitrogens is 1. The number of carbonyl (C=O) groups excluding carboxylic acids is 2. The summed E-state index contributed by atoms with van der Waals surface area (Å²) in [5.74, 6) is 0.395. The van der Waals surface area contributed by atoms with Gasteiger partial charge in [0.2, 0.25) is 11.8 Å². The summed E-state index contributed by atoms with van der Waals surface area (Å²) in [7, 11) is 0.